The molecule has 0 aromatic heterocycles. The number of ether oxygens (including phenoxy) is 1. The van der Waals surface area contributed by atoms with E-state index in [4.69, 9.17) is 10.5 Å². The van der Waals surface area contributed by atoms with Gasteiger partial charge in [0.15, 0.2) is 0 Å². The van der Waals surface area contributed by atoms with Crippen LogP contribution in [0.2, 0.25) is 0 Å². The van der Waals surface area contributed by atoms with Crippen LogP contribution in [0, 0.1) is 5.92 Å². The largest absolute Gasteiger partial charge is 0.493 e. The van der Waals surface area contributed by atoms with Crippen molar-refractivity contribution < 1.29 is 9.53 Å². The second kappa shape index (κ2) is 7.90. The highest BCUT2D eigenvalue weighted by molar-refractivity contribution is 5.78. The van der Waals surface area contributed by atoms with E-state index in [1.54, 1.807) is 11.9 Å². The van der Waals surface area contributed by atoms with Gasteiger partial charge in [-0.3, -0.25) is 4.79 Å². The van der Waals surface area contributed by atoms with E-state index >= 15 is 0 Å². The summed E-state index contributed by atoms with van der Waals surface area (Å²) in [4.78, 5) is 13.7. The van der Waals surface area contributed by atoms with Gasteiger partial charge in [0.05, 0.1) is 13.0 Å². The highest BCUT2D eigenvalue weighted by Crippen LogP contribution is 2.14. The molecule has 0 spiro atoms. The van der Waals surface area contributed by atoms with Gasteiger partial charge in [-0.25, -0.2) is 0 Å². The minimum absolute atomic E-state index is 0.0659. The minimum atomic E-state index is 0.0659. The number of hydrogen-bond acceptors (Lipinski definition) is 3. The first-order chi connectivity index (χ1) is 9.43. The quantitative estimate of drug-likeness (QED) is 0.830. The predicted molar refractivity (Wildman–Crippen MR) is 81.8 cm³/mol. The van der Waals surface area contributed by atoms with Crippen molar-refractivity contribution in [3.8, 4) is 5.75 Å². The average Bonchev–Trinajstić information content (AvgIpc) is 2.44. The molecule has 2 N–H and O–H groups in total. The van der Waals surface area contributed by atoms with Crippen molar-refractivity contribution in [3.05, 3.63) is 29.8 Å². The minimum Gasteiger partial charge on any atom is -0.493 e. The highest BCUT2D eigenvalue weighted by Gasteiger charge is 2.14. The van der Waals surface area contributed by atoms with E-state index in [1.165, 1.54) is 0 Å². The first-order valence-corrected chi connectivity index (χ1v) is 7.11. The zero-order chi connectivity index (χ0) is 15.1. The molecule has 1 atom stereocenters. The molecule has 0 aliphatic heterocycles. The molecule has 1 aromatic rings. The number of likely N-dealkylation sites (N-methyl/N-ethyl adjacent to an activating group) is 1. The molecular formula is C16H26N2O2. The summed E-state index contributed by atoms with van der Waals surface area (Å²) in [6, 6.07) is 7.77. The summed E-state index contributed by atoms with van der Waals surface area (Å²) < 4.78 is 5.62. The molecule has 4 heteroatoms. The van der Waals surface area contributed by atoms with Gasteiger partial charge in [-0.1, -0.05) is 26.0 Å². The van der Waals surface area contributed by atoms with Crippen molar-refractivity contribution in [1.29, 1.82) is 0 Å². The molecule has 0 bridgehead atoms. The number of benzene rings is 1. The van der Waals surface area contributed by atoms with Crippen molar-refractivity contribution in [2.75, 3.05) is 20.2 Å². The first-order valence-electron chi connectivity index (χ1n) is 7.11. The number of amides is 1. The number of rotatable bonds is 7. The lowest BCUT2D eigenvalue weighted by Crippen LogP contribution is -2.40. The number of nitrogens with two attached hydrogens (primary N) is 1. The summed E-state index contributed by atoms with van der Waals surface area (Å²) in [5, 5.41) is 0. The van der Waals surface area contributed by atoms with Crippen LogP contribution in [0.4, 0.5) is 0 Å². The van der Waals surface area contributed by atoms with Crippen LogP contribution in [0.5, 0.6) is 5.75 Å². The van der Waals surface area contributed by atoms with Crippen molar-refractivity contribution in [1.82, 2.24) is 4.90 Å². The molecule has 1 rings (SSSR count). The van der Waals surface area contributed by atoms with Gasteiger partial charge < -0.3 is 15.4 Å². The average molecular weight is 278 g/mol. The lowest BCUT2D eigenvalue weighted by Gasteiger charge is -2.23. The smallest absolute Gasteiger partial charge is 0.227 e. The Morgan fingerprint density at radius 1 is 1.25 bits per heavy atom. The molecule has 1 unspecified atom stereocenters. The predicted octanol–water partition coefficient (Wildman–Crippen LogP) is 2.07. The number of hydrogen-bond donors (Lipinski definition) is 1. The molecule has 4 nitrogen and oxygen atoms in total. The van der Waals surface area contributed by atoms with Gasteiger partial charge >= 0.3 is 0 Å². The van der Waals surface area contributed by atoms with Gasteiger partial charge in [-0.05, 0) is 30.5 Å². The van der Waals surface area contributed by atoms with Crippen LogP contribution < -0.4 is 10.5 Å². The third-order valence-electron chi connectivity index (χ3n) is 3.26. The van der Waals surface area contributed by atoms with Crippen LogP contribution in [-0.4, -0.2) is 37.0 Å². The van der Waals surface area contributed by atoms with Crippen molar-refractivity contribution in [2.24, 2.45) is 11.7 Å². The SMILES string of the molecule is CC(C)COc1ccc(CC(=O)N(C)C(C)CN)cc1. The zero-order valence-corrected chi connectivity index (χ0v) is 12.9. The molecule has 0 saturated carbocycles. The van der Waals surface area contributed by atoms with Gasteiger partial charge in [0.1, 0.15) is 5.75 Å². The van der Waals surface area contributed by atoms with Crippen molar-refractivity contribution in [3.63, 3.8) is 0 Å². The molecule has 1 aromatic carbocycles. The summed E-state index contributed by atoms with van der Waals surface area (Å²) in [6.07, 6.45) is 0.394. The Morgan fingerprint density at radius 3 is 2.35 bits per heavy atom. The maximum Gasteiger partial charge on any atom is 0.227 e. The fourth-order valence-electron chi connectivity index (χ4n) is 1.67. The Hall–Kier alpha value is -1.55. The van der Waals surface area contributed by atoms with Crippen molar-refractivity contribution >= 4 is 5.91 Å². The van der Waals surface area contributed by atoms with Gasteiger partial charge in [-0.2, -0.15) is 0 Å². The van der Waals surface area contributed by atoms with E-state index in [0.717, 1.165) is 11.3 Å². The van der Waals surface area contributed by atoms with E-state index in [-0.39, 0.29) is 11.9 Å². The van der Waals surface area contributed by atoms with Crippen LogP contribution in [0.15, 0.2) is 24.3 Å². The first kappa shape index (κ1) is 16.5. The van der Waals surface area contributed by atoms with E-state index in [1.807, 2.05) is 31.2 Å². The summed E-state index contributed by atoms with van der Waals surface area (Å²) >= 11 is 0. The van der Waals surface area contributed by atoms with E-state index in [9.17, 15) is 4.79 Å². The molecule has 112 valence electrons. The second-order valence-electron chi connectivity index (χ2n) is 5.61. The number of carbonyl (C=O) groups is 1. The Kier molecular flexibility index (Phi) is 6.52. The standard InChI is InChI=1S/C16H26N2O2/c1-12(2)11-20-15-7-5-14(6-8-15)9-16(19)18(4)13(3)10-17/h5-8,12-13H,9-11,17H2,1-4H3. The Bertz CT molecular complexity index is 415. The molecule has 20 heavy (non-hydrogen) atoms. The van der Waals surface area contributed by atoms with Crippen LogP contribution in [0.1, 0.15) is 26.3 Å². The molecule has 0 fully saturated rings. The maximum atomic E-state index is 12.1. The number of carbonyl (C=O) groups excluding carboxylic acids is 1. The van der Waals surface area contributed by atoms with Crippen molar-refractivity contribution in [2.45, 2.75) is 33.2 Å². The van der Waals surface area contributed by atoms with E-state index < -0.39 is 0 Å². The molecule has 1 amide bonds. The summed E-state index contributed by atoms with van der Waals surface area (Å²) in [5.74, 6) is 1.43. The van der Waals surface area contributed by atoms with Crippen LogP contribution in [0.25, 0.3) is 0 Å². The fraction of sp³-hybridized carbons (Fsp3) is 0.562. The lowest BCUT2D eigenvalue weighted by atomic mass is 10.1. The molecule has 0 aliphatic carbocycles. The molecular weight excluding hydrogens is 252 g/mol. The Morgan fingerprint density at radius 2 is 1.85 bits per heavy atom. The zero-order valence-electron chi connectivity index (χ0n) is 12.9. The summed E-state index contributed by atoms with van der Waals surface area (Å²) in [5.41, 5.74) is 6.56. The van der Waals surface area contributed by atoms with Crippen LogP contribution in [0.3, 0.4) is 0 Å². The summed E-state index contributed by atoms with van der Waals surface area (Å²) in [6.45, 7) is 7.35. The molecule has 0 radical (unpaired) electrons. The second-order valence-corrected chi connectivity index (χ2v) is 5.61. The molecule has 0 aliphatic rings. The summed E-state index contributed by atoms with van der Waals surface area (Å²) in [7, 11) is 1.79. The van der Waals surface area contributed by atoms with E-state index in [0.29, 0.717) is 25.5 Å². The Balaban J connectivity index is 2.54. The van der Waals surface area contributed by atoms with Gasteiger partial charge in [0, 0.05) is 19.6 Å². The monoisotopic (exact) mass is 278 g/mol. The molecule has 0 saturated heterocycles. The van der Waals surface area contributed by atoms with Gasteiger partial charge in [0.25, 0.3) is 0 Å². The van der Waals surface area contributed by atoms with E-state index in [2.05, 4.69) is 13.8 Å². The third-order valence-corrected chi connectivity index (χ3v) is 3.26. The topological polar surface area (TPSA) is 55.6 Å². The molecule has 0 heterocycles. The fourth-order valence-corrected chi connectivity index (χ4v) is 1.67. The highest BCUT2D eigenvalue weighted by atomic mass is 16.5. The van der Waals surface area contributed by atoms with Gasteiger partial charge in [-0.15, -0.1) is 0 Å². The third kappa shape index (κ3) is 5.21. The normalized spacial score (nSPS) is 12.3. The van der Waals surface area contributed by atoms with Crippen LogP contribution in [-0.2, 0) is 11.2 Å². The lowest BCUT2D eigenvalue weighted by molar-refractivity contribution is -0.130. The maximum absolute atomic E-state index is 12.1. The Labute approximate surface area is 121 Å². The number of nitrogens with zero attached hydrogens (tertiary/aromatic N) is 1. The van der Waals surface area contributed by atoms with Crippen LogP contribution >= 0.6 is 0 Å². The van der Waals surface area contributed by atoms with Gasteiger partial charge in [0.2, 0.25) is 5.91 Å².